The van der Waals surface area contributed by atoms with E-state index in [0.29, 0.717) is 16.4 Å². The second-order valence-electron chi connectivity index (χ2n) is 6.93. The Kier molecular flexibility index (Phi) is 5.84. The van der Waals surface area contributed by atoms with Gasteiger partial charge in [-0.2, -0.15) is 0 Å². The number of hydrogen-bond donors (Lipinski definition) is 2. The first kappa shape index (κ1) is 21.2. The summed E-state index contributed by atoms with van der Waals surface area (Å²) < 4.78 is 57.4. The summed E-state index contributed by atoms with van der Waals surface area (Å²) in [5.41, 5.74) is -1.11. The van der Waals surface area contributed by atoms with Gasteiger partial charge in [0.15, 0.2) is 5.82 Å². The Morgan fingerprint density at radius 2 is 2.00 bits per heavy atom. The molecule has 0 spiro atoms. The molecule has 0 atom stereocenters. The van der Waals surface area contributed by atoms with Crippen LogP contribution in [0.1, 0.15) is 30.4 Å². The van der Waals surface area contributed by atoms with Crippen molar-refractivity contribution in [2.24, 2.45) is 7.05 Å². The highest BCUT2D eigenvalue weighted by atomic mass is 127. The number of halogens is 3. The van der Waals surface area contributed by atoms with Gasteiger partial charge in [-0.3, -0.25) is 9.52 Å². The van der Waals surface area contributed by atoms with Crippen LogP contribution in [0.15, 0.2) is 29.2 Å². The minimum atomic E-state index is -3.93. The first-order valence-electron chi connectivity index (χ1n) is 8.55. The molecular formula is C18H19F2IN2O4S. The third-order valence-corrected chi connectivity index (χ3v) is 7.90. The second-order valence-corrected chi connectivity index (χ2v) is 10.2. The van der Waals surface area contributed by atoms with E-state index in [4.69, 9.17) is 5.11 Å². The van der Waals surface area contributed by atoms with Gasteiger partial charge in [0.05, 0.1) is 10.4 Å². The molecule has 3 rings (SSSR count). The van der Waals surface area contributed by atoms with E-state index in [1.165, 1.54) is 25.4 Å². The number of rotatable bonds is 7. The van der Waals surface area contributed by atoms with Crippen molar-refractivity contribution < 1.29 is 22.3 Å². The molecule has 0 aliphatic heterocycles. The molecule has 28 heavy (non-hydrogen) atoms. The summed E-state index contributed by atoms with van der Waals surface area (Å²) in [6.07, 6.45) is 1.75. The van der Waals surface area contributed by atoms with E-state index in [0.717, 1.165) is 4.57 Å². The van der Waals surface area contributed by atoms with E-state index in [1.54, 1.807) is 6.07 Å². The molecule has 2 aromatic rings. The largest absolute Gasteiger partial charge is 0.396 e. The van der Waals surface area contributed by atoms with Gasteiger partial charge < -0.3 is 9.67 Å². The van der Waals surface area contributed by atoms with Crippen LogP contribution in [0.25, 0.3) is 0 Å². The Morgan fingerprint density at radius 3 is 2.57 bits per heavy atom. The second kappa shape index (κ2) is 7.71. The molecule has 152 valence electrons. The van der Waals surface area contributed by atoms with Crippen LogP contribution in [0, 0.1) is 15.2 Å². The summed E-state index contributed by atoms with van der Waals surface area (Å²) in [7, 11) is -2.62. The molecule has 0 saturated heterocycles. The van der Waals surface area contributed by atoms with Crippen LogP contribution in [-0.4, -0.2) is 29.4 Å². The fraction of sp³-hybridized carbons (Fsp3) is 0.389. The number of aryl methyl sites for hydroxylation is 1. The molecule has 6 nitrogen and oxygen atoms in total. The fourth-order valence-electron chi connectivity index (χ4n) is 3.10. The van der Waals surface area contributed by atoms with Gasteiger partial charge in [-0.1, -0.05) is 6.07 Å². The molecule has 1 aromatic heterocycles. The van der Waals surface area contributed by atoms with Gasteiger partial charge in [-0.05, 0) is 59.5 Å². The average molecular weight is 524 g/mol. The summed E-state index contributed by atoms with van der Waals surface area (Å²) in [6.45, 7) is -0.288. The highest BCUT2D eigenvalue weighted by Gasteiger charge is 2.54. The Morgan fingerprint density at radius 1 is 1.32 bits per heavy atom. The summed E-state index contributed by atoms with van der Waals surface area (Å²) in [5, 5.41) is 9.16. The van der Waals surface area contributed by atoms with E-state index >= 15 is 0 Å². The Labute approximate surface area is 174 Å². The van der Waals surface area contributed by atoms with Gasteiger partial charge in [0, 0.05) is 35.4 Å². The maximum atomic E-state index is 14.7. The lowest BCUT2D eigenvalue weighted by atomic mass is 10.0. The minimum Gasteiger partial charge on any atom is -0.396 e. The Hall–Kier alpha value is -1.53. The fourth-order valence-corrected chi connectivity index (χ4v) is 5.23. The molecule has 1 aliphatic carbocycles. The van der Waals surface area contributed by atoms with E-state index in [2.05, 4.69) is 4.72 Å². The zero-order valence-corrected chi connectivity index (χ0v) is 18.0. The first-order chi connectivity index (χ1) is 13.1. The predicted octanol–water partition coefficient (Wildman–Crippen LogP) is 2.52. The molecule has 0 amide bonds. The monoisotopic (exact) mass is 524 g/mol. The van der Waals surface area contributed by atoms with Crippen LogP contribution in [0.5, 0.6) is 0 Å². The Bertz CT molecular complexity index is 1080. The number of sulfonamides is 1. The average Bonchev–Trinajstić information content (AvgIpc) is 3.40. The standard InChI is InChI=1S/C18H19F2IN2O4S/c1-23-10-15(22-28(26,27)18(4-5-18)6-7-24)13(16(20)17(23)25)8-11-2-3-12(21)9-14(11)19/h2-3,9-10,22,24H,4-8H2,1H3. The molecule has 0 radical (unpaired) electrons. The number of nitrogens with one attached hydrogen (secondary N) is 1. The molecule has 1 heterocycles. The summed E-state index contributed by atoms with van der Waals surface area (Å²) in [4.78, 5) is 12.0. The topological polar surface area (TPSA) is 88.4 Å². The van der Waals surface area contributed by atoms with Crippen molar-refractivity contribution in [3.63, 3.8) is 0 Å². The number of aromatic nitrogens is 1. The number of aliphatic hydroxyl groups is 1. The lowest BCUT2D eigenvalue weighted by Crippen LogP contribution is -2.32. The van der Waals surface area contributed by atoms with E-state index in [-0.39, 0.29) is 36.3 Å². The SMILES string of the molecule is Cn1cc(NS(=O)(=O)C2(CCO)CC2)c(Cc2ccc(I)cc2F)c(F)c1=O. The predicted molar refractivity (Wildman–Crippen MR) is 110 cm³/mol. The highest BCUT2D eigenvalue weighted by Crippen LogP contribution is 2.47. The number of aliphatic hydroxyl groups excluding tert-OH is 1. The number of pyridine rings is 1. The lowest BCUT2D eigenvalue weighted by molar-refractivity contribution is 0.283. The first-order valence-corrected chi connectivity index (χ1v) is 11.1. The molecular weight excluding hydrogens is 505 g/mol. The zero-order valence-electron chi connectivity index (χ0n) is 15.0. The maximum Gasteiger partial charge on any atom is 0.286 e. The Balaban J connectivity index is 2.05. The number of benzene rings is 1. The van der Waals surface area contributed by atoms with Gasteiger partial charge in [-0.15, -0.1) is 0 Å². The zero-order chi connectivity index (χ0) is 20.7. The number of anilines is 1. The van der Waals surface area contributed by atoms with Crippen molar-refractivity contribution in [2.75, 3.05) is 11.3 Å². The van der Waals surface area contributed by atoms with Gasteiger partial charge in [-0.25, -0.2) is 17.2 Å². The van der Waals surface area contributed by atoms with Crippen LogP contribution in [0.3, 0.4) is 0 Å². The van der Waals surface area contributed by atoms with Crippen LogP contribution in [-0.2, 0) is 23.5 Å². The van der Waals surface area contributed by atoms with E-state index in [1.807, 2.05) is 22.6 Å². The van der Waals surface area contributed by atoms with Gasteiger partial charge in [0.2, 0.25) is 10.0 Å². The molecule has 10 heteroatoms. The normalized spacial score (nSPS) is 15.5. The number of nitrogens with zero attached hydrogens (tertiary/aromatic N) is 1. The lowest BCUT2D eigenvalue weighted by Gasteiger charge is -2.20. The van der Waals surface area contributed by atoms with Crippen molar-refractivity contribution in [3.05, 3.63) is 61.1 Å². The van der Waals surface area contributed by atoms with Gasteiger partial charge >= 0.3 is 0 Å². The molecule has 0 unspecified atom stereocenters. The third kappa shape index (κ3) is 3.94. The maximum absolute atomic E-state index is 14.7. The van der Waals surface area contributed by atoms with Crippen molar-refractivity contribution in [1.29, 1.82) is 0 Å². The van der Waals surface area contributed by atoms with E-state index < -0.39 is 32.0 Å². The van der Waals surface area contributed by atoms with Crippen LogP contribution < -0.4 is 10.3 Å². The number of hydrogen-bond acceptors (Lipinski definition) is 4. The van der Waals surface area contributed by atoms with E-state index in [9.17, 15) is 22.0 Å². The van der Waals surface area contributed by atoms with Crippen LogP contribution in [0.4, 0.5) is 14.5 Å². The van der Waals surface area contributed by atoms with Crippen molar-refractivity contribution >= 4 is 38.3 Å². The van der Waals surface area contributed by atoms with Crippen molar-refractivity contribution in [2.45, 2.75) is 30.4 Å². The van der Waals surface area contributed by atoms with Crippen molar-refractivity contribution in [1.82, 2.24) is 4.57 Å². The quantitative estimate of drug-likeness (QED) is 0.546. The van der Waals surface area contributed by atoms with Gasteiger partial charge in [0.25, 0.3) is 5.56 Å². The molecule has 0 bridgehead atoms. The summed E-state index contributed by atoms with van der Waals surface area (Å²) >= 11 is 1.94. The summed E-state index contributed by atoms with van der Waals surface area (Å²) in [5.74, 6) is -1.70. The molecule has 1 aromatic carbocycles. The van der Waals surface area contributed by atoms with Crippen LogP contribution in [0.2, 0.25) is 0 Å². The molecule has 1 fully saturated rings. The molecule has 1 aliphatic rings. The van der Waals surface area contributed by atoms with Gasteiger partial charge in [0.1, 0.15) is 5.82 Å². The third-order valence-electron chi connectivity index (χ3n) is 4.99. The molecule has 1 saturated carbocycles. The van der Waals surface area contributed by atoms with Crippen molar-refractivity contribution in [3.8, 4) is 0 Å². The smallest absolute Gasteiger partial charge is 0.286 e. The molecule has 2 N–H and O–H groups in total. The van der Waals surface area contributed by atoms with Crippen LogP contribution >= 0.6 is 22.6 Å². The minimum absolute atomic E-state index is 0.0671. The highest BCUT2D eigenvalue weighted by molar-refractivity contribution is 14.1. The summed E-state index contributed by atoms with van der Waals surface area (Å²) in [6, 6.07) is 4.39.